The van der Waals surface area contributed by atoms with Crippen molar-refractivity contribution in [1.29, 1.82) is 0 Å². The molecule has 0 spiro atoms. The largest absolute Gasteiger partial charge is 4.00 e. The minimum atomic E-state index is -0.646. The maximum absolute atomic E-state index is 4.80. The van der Waals surface area contributed by atoms with E-state index in [9.17, 15) is 0 Å². The molecule has 0 bridgehead atoms. The molecule has 0 heterocycles. The van der Waals surface area contributed by atoms with Gasteiger partial charge in [-0.1, -0.05) is 131 Å². The molecule has 0 saturated heterocycles. The Kier molecular flexibility index (Phi) is 46.5. The van der Waals surface area contributed by atoms with Crippen LogP contribution in [0.2, 0.25) is 0 Å². The Balaban J connectivity index is 0. The topological polar surface area (TPSA) is 52.6 Å². The second-order valence-electron chi connectivity index (χ2n) is 20.0. The molecule has 0 aromatic heterocycles. The van der Waals surface area contributed by atoms with Crippen LogP contribution in [0.3, 0.4) is 0 Å². The summed E-state index contributed by atoms with van der Waals surface area (Å²) in [6.45, 7) is 46.7. The molecule has 0 aliphatic heterocycles. The molecule has 434 valence electrons. The first-order chi connectivity index (χ1) is 38.7. The predicted octanol–water partition coefficient (Wildman–Crippen LogP) is 19.9. The van der Waals surface area contributed by atoms with Gasteiger partial charge in [0.1, 0.15) is 5.58 Å². The molecule has 4 nitrogen and oxygen atoms in total. The van der Waals surface area contributed by atoms with Gasteiger partial charge in [-0.25, -0.2) is 6.17 Å². The van der Waals surface area contributed by atoms with E-state index < -0.39 is 7.92 Å². The third kappa shape index (κ3) is 46.8. The third-order valence-electron chi connectivity index (χ3n) is 9.96. The average molecular weight is 1450 g/mol. The number of hydrogen-bond donors (Lipinski definition) is 1. The number of amidine groups is 1. The number of nitrogens with zero attached hydrogens (tertiary/aromatic N) is 3. The molecule has 1 N–H and O–H groups in total. The number of nitrogens with one attached hydrogen (secondary N) is 1. The molecule has 0 saturated carbocycles. The number of benzene rings is 9. The summed E-state index contributed by atoms with van der Waals surface area (Å²) < 4.78 is 0. The summed E-state index contributed by atoms with van der Waals surface area (Å²) in [5.41, 5.74) is 8.65. The van der Waals surface area contributed by atoms with Crippen molar-refractivity contribution in [3.05, 3.63) is 371 Å². The van der Waals surface area contributed by atoms with E-state index in [4.69, 9.17) is 4.99 Å². The van der Waals surface area contributed by atoms with Crippen LogP contribution in [0, 0.1) is 48.5 Å². The second-order valence-corrected chi connectivity index (χ2v) is 22.1. The fraction of sp³-hybridized carbons (Fsp3) is 0.184. The van der Waals surface area contributed by atoms with Gasteiger partial charge in [0.05, 0.1) is 0 Å². The Morgan fingerprint density at radius 2 is 0.602 bits per heavy atom. The van der Waals surface area contributed by atoms with E-state index in [2.05, 4.69) is 174 Å². The van der Waals surface area contributed by atoms with Crippen molar-refractivity contribution in [1.82, 2.24) is 5.32 Å². The minimum Gasteiger partial charge on any atom is -0.678 e. The van der Waals surface area contributed by atoms with Gasteiger partial charge in [-0.15, -0.1) is 97.4 Å². The summed E-state index contributed by atoms with van der Waals surface area (Å²) in [5.74, 6) is 0. The van der Waals surface area contributed by atoms with Gasteiger partial charge >= 0.3 is 25.8 Å². The number of aliphatic imine (C=N–C) groups is 1. The Morgan fingerprint density at radius 1 is 0.398 bits per heavy atom. The first-order valence-electron chi connectivity index (χ1n) is 27.4. The van der Waals surface area contributed by atoms with Crippen molar-refractivity contribution < 1.29 is 51.7 Å². The van der Waals surface area contributed by atoms with Crippen molar-refractivity contribution in [3.8, 4) is 0 Å². The zero-order valence-corrected chi connectivity index (χ0v) is 59.3. The molecule has 0 aliphatic rings. The van der Waals surface area contributed by atoms with Crippen molar-refractivity contribution >= 4 is 24.1 Å². The molecular formula is C76H92Hf2N4P-5. The fourth-order valence-electron chi connectivity index (χ4n) is 6.41. The van der Waals surface area contributed by atoms with Crippen LogP contribution >= 0.6 is 7.92 Å². The quantitative estimate of drug-likeness (QED) is 0.0558. The second kappa shape index (κ2) is 49.1. The van der Waals surface area contributed by atoms with Gasteiger partial charge in [-0.2, -0.15) is 179 Å². The Bertz CT molecular complexity index is 2410. The molecule has 0 aliphatic carbocycles. The van der Waals surface area contributed by atoms with E-state index in [1.807, 2.05) is 226 Å². The van der Waals surface area contributed by atoms with Crippen LogP contribution in [-0.2, 0) is 51.7 Å². The van der Waals surface area contributed by atoms with Crippen molar-refractivity contribution in [2.75, 3.05) is 13.1 Å². The molecule has 1 atom stereocenters. The molecular weight excluding hydrogens is 1360 g/mol. The predicted molar refractivity (Wildman–Crippen MR) is 363 cm³/mol. The van der Waals surface area contributed by atoms with E-state index in [0.29, 0.717) is 0 Å². The molecule has 83 heavy (non-hydrogen) atoms. The van der Waals surface area contributed by atoms with Crippen molar-refractivity contribution in [2.45, 2.75) is 79.6 Å². The first kappa shape index (κ1) is 78.7. The van der Waals surface area contributed by atoms with Crippen molar-refractivity contribution in [3.63, 3.8) is 0 Å². The summed E-state index contributed by atoms with van der Waals surface area (Å²) in [6.07, 6.45) is 0.157. The maximum Gasteiger partial charge on any atom is 4.00 e. The van der Waals surface area contributed by atoms with E-state index in [1.165, 1.54) is 10.6 Å². The van der Waals surface area contributed by atoms with Crippen LogP contribution in [0.25, 0.3) is 10.6 Å². The van der Waals surface area contributed by atoms with E-state index in [-0.39, 0.29) is 68.9 Å². The van der Waals surface area contributed by atoms with Gasteiger partial charge in [-0.3, -0.25) is 4.99 Å². The molecule has 0 radical (unpaired) electrons. The SMILES string of the molecule is CCN=C(NC(C)(C)C)P(c1ccccc1)c1ccccc1.CC[N-]C(C)[N-]C(C)(C)C.[CH2-]c1ccccc1.[CH2-]c1ccccc1.[CH2-]c1ccccc1.[CH2-]c1ccccc1.[CH2-]c1ccccc1.[CH2-]c1ccccc1.[CH2-]c1ccccc1.[Hf+4].[Hf]. The summed E-state index contributed by atoms with van der Waals surface area (Å²) >= 11 is 0. The van der Waals surface area contributed by atoms with Gasteiger partial charge in [0, 0.05) is 45.8 Å². The monoisotopic (exact) mass is 1450 g/mol. The average Bonchev–Trinajstić information content (AvgIpc) is 3.46. The van der Waals surface area contributed by atoms with Crippen LogP contribution in [0.1, 0.15) is 101 Å². The van der Waals surface area contributed by atoms with Crippen LogP contribution in [0.4, 0.5) is 0 Å². The van der Waals surface area contributed by atoms with Crippen LogP contribution in [0.15, 0.2) is 278 Å². The van der Waals surface area contributed by atoms with E-state index >= 15 is 0 Å². The zero-order valence-electron chi connectivity index (χ0n) is 51.2. The van der Waals surface area contributed by atoms with Gasteiger partial charge in [0.15, 0.2) is 0 Å². The molecule has 9 aromatic rings. The standard InChI is InChI=1S/C19H25N2P.C8H18N2.7C7H7.2Hf/c1-5-20-18(21-19(2,3)4)22(16-12-8-6-9-13-16)17-14-10-7-11-15-17;1-6-9-7(2)10-8(3,4)5;7*1-7-5-3-2-4-6-7;;/h6-15H,5H2,1-4H3,(H,20,21);7H,6H2,1-5H3;7*2-6H,1H2;;/q;-2;7*-1;;+4. The molecule has 0 amide bonds. The summed E-state index contributed by atoms with van der Waals surface area (Å²) in [5, 5.41) is 15.0. The molecule has 7 heteroatoms. The smallest absolute Gasteiger partial charge is 0.678 e. The zero-order chi connectivity index (χ0) is 60.0. The van der Waals surface area contributed by atoms with Gasteiger partial charge in [-0.05, 0) is 38.3 Å². The summed E-state index contributed by atoms with van der Waals surface area (Å²) in [4.78, 5) is 4.80. The molecule has 9 rings (SSSR count). The van der Waals surface area contributed by atoms with Crippen molar-refractivity contribution in [2.24, 2.45) is 4.99 Å². The van der Waals surface area contributed by atoms with Gasteiger partial charge in [0.2, 0.25) is 0 Å². The summed E-state index contributed by atoms with van der Waals surface area (Å²) in [7, 11) is -0.646. The minimum absolute atomic E-state index is 0. The first-order valence-corrected chi connectivity index (χ1v) is 28.8. The normalized spacial score (nSPS) is 10.2. The Labute approximate surface area is 545 Å². The van der Waals surface area contributed by atoms with Crippen LogP contribution in [0.5, 0.6) is 0 Å². The van der Waals surface area contributed by atoms with Crippen LogP contribution in [-0.4, -0.2) is 35.9 Å². The van der Waals surface area contributed by atoms with Gasteiger partial charge < -0.3 is 16.0 Å². The molecule has 1 unspecified atom stereocenters. The van der Waals surface area contributed by atoms with E-state index in [1.54, 1.807) is 0 Å². The third-order valence-corrected chi connectivity index (χ3v) is 12.3. The summed E-state index contributed by atoms with van der Waals surface area (Å²) in [6, 6.07) is 90.5. The number of hydrogen-bond acceptors (Lipinski definition) is 1. The Morgan fingerprint density at radius 3 is 0.747 bits per heavy atom. The number of rotatable bonds is 7. The van der Waals surface area contributed by atoms with Gasteiger partial charge in [0.25, 0.3) is 0 Å². The van der Waals surface area contributed by atoms with E-state index in [0.717, 1.165) is 57.6 Å². The van der Waals surface area contributed by atoms with Crippen LogP contribution < -0.4 is 15.9 Å². The maximum atomic E-state index is 4.80. The fourth-order valence-corrected chi connectivity index (χ4v) is 8.87. The molecule has 0 fully saturated rings. The molecule has 9 aromatic carbocycles. The Hall–Kier alpha value is -6.37.